The summed E-state index contributed by atoms with van der Waals surface area (Å²) in [5.41, 5.74) is 3.89. The van der Waals surface area contributed by atoms with Crippen LogP contribution >= 0.6 is 11.3 Å². The van der Waals surface area contributed by atoms with Gasteiger partial charge in [0.25, 0.3) is 5.91 Å². The summed E-state index contributed by atoms with van der Waals surface area (Å²) in [5, 5.41) is 3.15. The molecule has 13 heteroatoms. The second kappa shape index (κ2) is 11.4. The summed E-state index contributed by atoms with van der Waals surface area (Å²) in [4.78, 5) is 47.6. The van der Waals surface area contributed by atoms with Crippen molar-refractivity contribution in [3.8, 4) is 16.3 Å². The first kappa shape index (κ1) is 27.8. The summed E-state index contributed by atoms with van der Waals surface area (Å²) in [6.45, 7) is 5.20. The van der Waals surface area contributed by atoms with E-state index in [4.69, 9.17) is 9.47 Å². The van der Waals surface area contributed by atoms with E-state index in [1.807, 2.05) is 19.1 Å². The van der Waals surface area contributed by atoms with Gasteiger partial charge in [0.15, 0.2) is 11.6 Å². The standard InChI is InChI=1S/C28H26FN7O4S/c1-14-6-18(25-21(7-14)34-22(12-32-25)27(37)36(4)5)26-35-20-8-19(29)23(9-24(20)41-26)40-15(2)13-39-28(38)33-17-10-30-16(3)31-11-17/h6-12,15H,13H2,1-5H3,(H,33,38). The molecular weight excluding hydrogens is 549 g/mol. The van der Waals surface area contributed by atoms with Crippen LogP contribution in [0.4, 0.5) is 14.9 Å². The molecule has 1 unspecified atom stereocenters. The van der Waals surface area contributed by atoms with Crippen LogP contribution in [0, 0.1) is 19.7 Å². The topological polar surface area (TPSA) is 132 Å². The van der Waals surface area contributed by atoms with Crippen LogP contribution in [0.3, 0.4) is 0 Å². The first-order valence-corrected chi connectivity index (χ1v) is 13.4. The van der Waals surface area contributed by atoms with Crippen molar-refractivity contribution in [3.63, 3.8) is 0 Å². The number of hydrogen-bond acceptors (Lipinski definition) is 10. The molecule has 2 amide bonds. The van der Waals surface area contributed by atoms with E-state index in [1.54, 1.807) is 34.0 Å². The number of hydrogen-bond donors (Lipinski definition) is 1. The molecule has 0 bridgehead atoms. The Labute approximate surface area is 238 Å². The van der Waals surface area contributed by atoms with Crippen LogP contribution in [0.1, 0.15) is 28.8 Å². The maximum Gasteiger partial charge on any atom is 0.411 e. The van der Waals surface area contributed by atoms with Gasteiger partial charge in [-0.3, -0.25) is 15.1 Å². The number of halogens is 1. The fourth-order valence-electron chi connectivity index (χ4n) is 3.95. The van der Waals surface area contributed by atoms with Gasteiger partial charge in [-0.25, -0.2) is 29.1 Å². The summed E-state index contributed by atoms with van der Waals surface area (Å²) in [6, 6.07) is 6.67. The first-order valence-electron chi connectivity index (χ1n) is 12.6. The van der Waals surface area contributed by atoms with Crippen molar-refractivity contribution >= 4 is 50.3 Å². The molecule has 0 aliphatic rings. The molecule has 0 aliphatic heterocycles. The normalized spacial score (nSPS) is 11.9. The van der Waals surface area contributed by atoms with Gasteiger partial charge in [0, 0.05) is 31.8 Å². The predicted octanol–water partition coefficient (Wildman–Crippen LogP) is 5.17. The molecule has 0 saturated carbocycles. The molecular formula is C28H26FN7O4S. The van der Waals surface area contributed by atoms with Crippen LogP contribution in [0.15, 0.2) is 42.9 Å². The fourth-order valence-corrected chi connectivity index (χ4v) is 4.94. The number of fused-ring (bicyclic) bond motifs is 2. The van der Waals surface area contributed by atoms with E-state index in [9.17, 15) is 14.0 Å². The summed E-state index contributed by atoms with van der Waals surface area (Å²) in [6.07, 6.45) is 3.03. The Morgan fingerprint density at radius 2 is 1.78 bits per heavy atom. The van der Waals surface area contributed by atoms with Crippen molar-refractivity contribution in [1.29, 1.82) is 0 Å². The van der Waals surface area contributed by atoms with Crippen molar-refractivity contribution in [1.82, 2.24) is 29.8 Å². The highest BCUT2D eigenvalue weighted by molar-refractivity contribution is 7.21. The van der Waals surface area contributed by atoms with Gasteiger partial charge in [-0.15, -0.1) is 11.3 Å². The van der Waals surface area contributed by atoms with E-state index in [-0.39, 0.29) is 24.0 Å². The number of rotatable bonds is 7. The SMILES string of the molecule is Cc1cc(-c2nc3cc(F)c(OC(C)COC(=O)Nc4cnc(C)nc4)cc3s2)c2ncc(C(=O)N(C)C)nc2c1. The van der Waals surface area contributed by atoms with E-state index in [1.165, 1.54) is 40.9 Å². The van der Waals surface area contributed by atoms with E-state index >= 15 is 0 Å². The van der Waals surface area contributed by atoms with Crippen molar-refractivity contribution in [2.24, 2.45) is 0 Å². The molecule has 5 rings (SSSR count). The monoisotopic (exact) mass is 575 g/mol. The van der Waals surface area contributed by atoms with Gasteiger partial charge < -0.3 is 14.4 Å². The van der Waals surface area contributed by atoms with E-state index < -0.39 is 18.0 Å². The number of carbonyl (C=O) groups is 2. The molecule has 0 aliphatic carbocycles. The predicted molar refractivity (Wildman–Crippen MR) is 153 cm³/mol. The first-order chi connectivity index (χ1) is 19.6. The van der Waals surface area contributed by atoms with Gasteiger partial charge in [-0.05, 0) is 38.5 Å². The number of ether oxygens (including phenoxy) is 2. The Kier molecular flexibility index (Phi) is 7.70. The zero-order valence-corrected chi connectivity index (χ0v) is 23.7. The number of thiazole rings is 1. The van der Waals surface area contributed by atoms with Crippen LogP contribution in [-0.2, 0) is 4.74 Å². The van der Waals surface area contributed by atoms with Crippen LogP contribution in [0.2, 0.25) is 0 Å². The number of aromatic nitrogens is 5. The molecule has 0 fully saturated rings. The molecule has 210 valence electrons. The third kappa shape index (κ3) is 6.19. The van der Waals surface area contributed by atoms with Crippen molar-refractivity contribution in [3.05, 3.63) is 65.8 Å². The molecule has 0 saturated heterocycles. The Bertz CT molecular complexity index is 1780. The van der Waals surface area contributed by atoms with E-state index in [2.05, 4.69) is 30.2 Å². The maximum absolute atomic E-state index is 15.0. The lowest BCUT2D eigenvalue weighted by Crippen LogP contribution is -2.24. The number of amides is 2. The Morgan fingerprint density at radius 3 is 2.51 bits per heavy atom. The average molecular weight is 576 g/mol. The number of aryl methyl sites for hydroxylation is 2. The third-order valence-corrected chi connectivity index (χ3v) is 6.94. The molecule has 41 heavy (non-hydrogen) atoms. The van der Waals surface area contributed by atoms with Crippen LogP contribution < -0.4 is 10.1 Å². The number of carbonyl (C=O) groups excluding carboxylic acids is 2. The zero-order chi connectivity index (χ0) is 29.3. The quantitative estimate of drug-likeness (QED) is 0.279. The molecule has 0 radical (unpaired) electrons. The second-order valence-corrected chi connectivity index (χ2v) is 10.6. The van der Waals surface area contributed by atoms with Crippen molar-refractivity contribution in [2.45, 2.75) is 26.9 Å². The average Bonchev–Trinajstić information content (AvgIpc) is 3.34. The summed E-state index contributed by atoms with van der Waals surface area (Å²) in [5.74, 6) is -0.252. The molecule has 5 aromatic rings. The van der Waals surface area contributed by atoms with Crippen molar-refractivity contribution in [2.75, 3.05) is 26.0 Å². The fraction of sp³-hybridized carbons (Fsp3) is 0.250. The number of benzene rings is 2. The molecule has 3 aromatic heterocycles. The minimum atomic E-state index is -0.706. The summed E-state index contributed by atoms with van der Waals surface area (Å²) >= 11 is 1.35. The highest BCUT2D eigenvalue weighted by Crippen LogP contribution is 2.37. The smallest absolute Gasteiger partial charge is 0.411 e. The maximum atomic E-state index is 15.0. The molecule has 3 heterocycles. The molecule has 11 nitrogen and oxygen atoms in total. The number of nitrogens with one attached hydrogen (secondary N) is 1. The van der Waals surface area contributed by atoms with Crippen LogP contribution in [-0.4, -0.2) is 68.6 Å². The molecule has 1 N–H and O–H groups in total. The number of anilines is 1. The molecule has 2 aromatic carbocycles. The van der Waals surface area contributed by atoms with Crippen LogP contribution in [0.25, 0.3) is 31.8 Å². The van der Waals surface area contributed by atoms with Gasteiger partial charge in [0.2, 0.25) is 0 Å². The van der Waals surface area contributed by atoms with Crippen molar-refractivity contribution < 1.29 is 23.5 Å². The van der Waals surface area contributed by atoms with E-state index in [0.717, 1.165) is 11.1 Å². The van der Waals surface area contributed by atoms with Gasteiger partial charge >= 0.3 is 6.09 Å². The van der Waals surface area contributed by atoms with Gasteiger partial charge in [-0.2, -0.15) is 0 Å². The largest absolute Gasteiger partial charge is 0.484 e. The minimum Gasteiger partial charge on any atom is -0.484 e. The highest BCUT2D eigenvalue weighted by Gasteiger charge is 2.19. The van der Waals surface area contributed by atoms with Crippen LogP contribution in [0.5, 0.6) is 5.75 Å². The second-order valence-electron chi connectivity index (χ2n) is 9.58. The van der Waals surface area contributed by atoms with Gasteiger partial charge in [0.1, 0.15) is 29.2 Å². The Hall–Kier alpha value is -4.78. The lowest BCUT2D eigenvalue weighted by atomic mass is 10.1. The highest BCUT2D eigenvalue weighted by atomic mass is 32.1. The Morgan fingerprint density at radius 1 is 1.02 bits per heavy atom. The third-order valence-electron chi connectivity index (χ3n) is 5.89. The number of nitrogens with zero attached hydrogens (tertiary/aromatic N) is 6. The Balaban J connectivity index is 1.34. The minimum absolute atomic E-state index is 0.0110. The van der Waals surface area contributed by atoms with Gasteiger partial charge in [0.05, 0.1) is 45.5 Å². The lowest BCUT2D eigenvalue weighted by molar-refractivity contribution is 0.0822. The summed E-state index contributed by atoms with van der Waals surface area (Å²) in [7, 11) is 3.31. The van der Waals surface area contributed by atoms with Gasteiger partial charge in [-0.1, -0.05) is 0 Å². The molecule has 1 atom stereocenters. The lowest BCUT2D eigenvalue weighted by Gasteiger charge is -2.15. The summed E-state index contributed by atoms with van der Waals surface area (Å²) < 4.78 is 26.6. The zero-order valence-electron chi connectivity index (χ0n) is 22.9. The van der Waals surface area contributed by atoms with E-state index in [0.29, 0.717) is 37.8 Å². The molecule has 0 spiro atoms.